The predicted molar refractivity (Wildman–Crippen MR) is 142 cm³/mol. The number of aromatic nitrogens is 2. The van der Waals surface area contributed by atoms with E-state index < -0.39 is 58.8 Å². The summed E-state index contributed by atoms with van der Waals surface area (Å²) < 4.78 is 83.5. The van der Waals surface area contributed by atoms with Gasteiger partial charge >= 0.3 is 24.0 Å². The summed E-state index contributed by atoms with van der Waals surface area (Å²) in [6.07, 6.45) is -6.42. The number of carbonyl (C=O) groups excluding carboxylic acids is 2. The lowest BCUT2D eigenvalue weighted by Crippen LogP contribution is -2.50. The number of benzene rings is 2. The van der Waals surface area contributed by atoms with Gasteiger partial charge in [-0.05, 0) is 50.6 Å². The SMILES string of the molecule is COC(F)(c1nc(-c2cc3c(cc2F)SC[C@H](NC(=O)OC(C)(C)C)C(=O)N3Cc2ccc(Cl)cc2)no1)C(F)(F)F. The number of fused-ring (bicyclic) bond motifs is 1. The molecule has 2 amide bonds. The number of rotatable bonds is 6. The molecule has 0 saturated carbocycles. The number of anilines is 1. The molecule has 1 unspecified atom stereocenters. The van der Waals surface area contributed by atoms with E-state index in [9.17, 15) is 27.2 Å². The van der Waals surface area contributed by atoms with E-state index in [0.717, 1.165) is 23.9 Å². The van der Waals surface area contributed by atoms with Crippen LogP contribution in [0.5, 0.6) is 0 Å². The van der Waals surface area contributed by atoms with Gasteiger partial charge in [0, 0.05) is 22.8 Å². The van der Waals surface area contributed by atoms with Crippen molar-refractivity contribution in [3.05, 3.63) is 58.7 Å². The van der Waals surface area contributed by atoms with Crippen molar-refractivity contribution in [2.45, 2.75) is 55.9 Å². The molecule has 1 aliphatic rings. The minimum atomic E-state index is -5.58. The maximum Gasteiger partial charge on any atom is 0.458 e. The van der Waals surface area contributed by atoms with Gasteiger partial charge in [-0.2, -0.15) is 22.5 Å². The zero-order valence-electron chi connectivity index (χ0n) is 22.5. The molecule has 0 spiro atoms. The van der Waals surface area contributed by atoms with Gasteiger partial charge in [-0.3, -0.25) is 4.79 Å². The van der Waals surface area contributed by atoms with E-state index in [1.807, 2.05) is 0 Å². The first-order valence-electron chi connectivity index (χ1n) is 12.2. The van der Waals surface area contributed by atoms with Crippen molar-refractivity contribution >= 4 is 41.1 Å². The van der Waals surface area contributed by atoms with Crippen LogP contribution in [-0.2, 0) is 26.7 Å². The Hall–Kier alpha value is -3.43. The van der Waals surface area contributed by atoms with Gasteiger partial charge in [0.15, 0.2) is 0 Å². The monoisotopic (exact) mass is 634 g/mol. The average Bonchev–Trinajstić information content (AvgIpc) is 3.35. The molecule has 2 heterocycles. The van der Waals surface area contributed by atoms with Crippen molar-refractivity contribution in [1.82, 2.24) is 15.5 Å². The molecule has 0 saturated heterocycles. The molecular formula is C26H24ClF5N4O5S. The normalized spacial score (nSPS) is 17.3. The van der Waals surface area contributed by atoms with Gasteiger partial charge < -0.3 is 24.2 Å². The van der Waals surface area contributed by atoms with Crippen molar-refractivity contribution < 1.29 is 45.5 Å². The van der Waals surface area contributed by atoms with E-state index in [1.54, 1.807) is 45.0 Å². The van der Waals surface area contributed by atoms with Gasteiger partial charge in [-0.1, -0.05) is 28.9 Å². The summed E-state index contributed by atoms with van der Waals surface area (Å²) in [5.41, 5.74) is -0.575. The van der Waals surface area contributed by atoms with E-state index >= 15 is 4.39 Å². The van der Waals surface area contributed by atoms with E-state index in [1.165, 1.54) is 4.90 Å². The zero-order valence-corrected chi connectivity index (χ0v) is 24.1. The van der Waals surface area contributed by atoms with Crippen molar-refractivity contribution in [2.24, 2.45) is 0 Å². The van der Waals surface area contributed by atoms with Gasteiger partial charge in [-0.25, -0.2) is 9.18 Å². The van der Waals surface area contributed by atoms with Crippen molar-refractivity contribution in [1.29, 1.82) is 0 Å². The van der Waals surface area contributed by atoms with Crippen LogP contribution in [-0.4, -0.2) is 52.8 Å². The minimum absolute atomic E-state index is 0.00285. The molecule has 226 valence electrons. The van der Waals surface area contributed by atoms with Crippen molar-refractivity contribution in [3.8, 4) is 11.4 Å². The van der Waals surface area contributed by atoms with Gasteiger partial charge in [0.1, 0.15) is 17.5 Å². The topological polar surface area (TPSA) is 107 Å². The first kappa shape index (κ1) is 31.5. The van der Waals surface area contributed by atoms with Crippen LogP contribution >= 0.6 is 23.4 Å². The maximum absolute atomic E-state index is 15.3. The number of amides is 2. The fraction of sp³-hybridized carbons (Fsp3) is 0.385. The number of hydrogen-bond donors (Lipinski definition) is 1. The number of halogens is 6. The molecular weight excluding hydrogens is 611 g/mol. The fourth-order valence-corrected chi connectivity index (χ4v) is 5.07. The van der Waals surface area contributed by atoms with Crippen LogP contribution in [0.1, 0.15) is 32.2 Å². The molecule has 0 aliphatic carbocycles. The highest BCUT2D eigenvalue weighted by molar-refractivity contribution is 7.99. The maximum atomic E-state index is 15.3. The summed E-state index contributed by atoms with van der Waals surface area (Å²) in [5.74, 6) is -8.32. The molecule has 1 N–H and O–H groups in total. The van der Waals surface area contributed by atoms with Gasteiger partial charge in [0.2, 0.25) is 5.82 Å². The number of thioether (sulfide) groups is 1. The Bertz CT molecular complexity index is 1480. The second kappa shape index (κ2) is 11.7. The summed E-state index contributed by atoms with van der Waals surface area (Å²) in [4.78, 5) is 31.2. The Labute approximate surface area is 245 Å². The average molecular weight is 635 g/mol. The number of alkyl halides is 4. The van der Waals surface area contributed by atoms with Crippen LogP contribution in [0.3, 0.4) is 0 Å². The van der Waals surface area contributed by atoms with Crippen LogP contribution < -0.4 is 10.2 Å². The number of ether oxygens (including phenoxy) is 2. The summed E-state index contributed by atoms with van der Waals surface area (Å²) in [6, 6.07) is 7.57. The number of carbonyl (C=O) groups is 2. The molecule has 1 aromatic heterocycles. The van der Waals surface area contributed by atoms with E-state index in [2.05, 4.69) is 24.7 Å². The summed E-state index contributed by atoms with van der Waals surface area (Å²) >= 11 is 7.03. The van der Waals surface area contributed by atoms with Crippen molar-refractivity contribution in [2.75, 3.05) is 17.8 Å². The lowest BCUT2D eigenvalue weighted by molar-refractivity contribution is -0.342. The number of methoxy groups -OCH3 is 1. The number of alkyl carbamates (subject to hydrolysis) is 1. The van der Waals surface area contributed by atoms with Crippen LogP contribution in [0.15, 0.2) is 45.8 Å². The molecule has 2 aromatic carbocycles. The summed E-state index contributed by atoms with van der Waals surface area (Å²) in [5, 5.41) is 6.31. The number of hydrogen-bond acceptors (Lipinski definition) is 8. The Morgan fingerprint density at radius 3 is 2.45 bits per heavy atom. The molecule has 1 aliphatic heterocycles. The number of nitrogens with zero attached hydrogens (tertiary/aromatic N) is 3. The second-order valence-electron chi connectivity index (χ2n) is 10.1. The highest BCUT2D eigenvalue weighted by Crippen LogP contribution is 2.44. The molecule has 42 heavy (non-hydrogen) atoms. The molecule has 4 rings (SSSR count). The molecule has 16 heteroatoms. The zero-order chi connectivity index (χ0) is 31.0. The van der Waals surface area contributed by atoms with Crippen molar-refractivity contribution in [3.63, 3.8) is 0 Å². The highest BCUT2D eigenvalue weighted by Gasteiger charge is 2.63. The lowest BCUT2D eigenvalue weighted by atomic mass is 10.1. The third-order valence-corrected chi connectivity index (χ3v) is 7.23. The van der Waals surface area contributed by atoms with Crippen LogP contribution in [0.2, 0.25) is 5.02 Å². The molecule has 0 bridgehead atoms. The lowest BCUT2D eigenvalue weighted by Gasteiger charge is -2.27. The first-order chi connectivity index (χ1) is 19.5. The smallest absolute Gasteiger partial charge is 0.444 e. The van der Waals surface area contributed by atoms with Crippen LogP contribution in [0.25, 0.3) is 11.4 Å². The first-order valence-corrected chi connectivity index (χ1v) is 13.6. The third-order valence-electron chi connectivity index (χ3n) is 5.84. The summed E-state index contributed by atoms with van der Waals surface area (Å²) in [7, 11) is 0.458. The van der Waals surface area contributed by atoms with Crippen LogP contribution in [0, 0.1) is 5.82 Å². The Kier molecular flexibility index (Phi) is 8.77. The molecule has 0 radical (unpaired) electrons. The molecule has 3 aromatic rings. The van der Waals surface area contributed by atoms with E-state index in [4.69, 9.17) is 16.3 Å². The van der Waals surface area contributed by atoms with Crippen LogP contribution in [0.4, 0.5) is 32.4 Å². The third kappa shape index (κ3) is 6.63. The quantitative estimate of drug-likeness (QED) is 0.311. The van der Waals surface area contributed by atoms with Gasteiger partial charge in [0.25, 0.3) is 5.91 Å². The Morgan fingerprint density at radius 1 is 1.19 bits per heavy atom. The Morgan fingerprint density at radius 2 is 1.86 bits per heavy atom. The molecule has 0 fully saturated rings. The fourth-order valence-electron chi connectivity index (χ4n) is 3.87. The molecule has 9 nitrogen and oxygen atoms in total. The minimum Gasteiger partial charge on any atom is -0.444 e. The Balaban J connectivity index is 1.76. The molecule has 2 atom stereocenters. The largest absolute Gasteiger partial charge is 0.458 e. The van der Waals surface area contributed by atoms with E-state index in [-0.39, 0.29) is 22.9 Å². The predicted octanol–water partition coefficient (Wildman–Crippen LogP) is 6.39. The standard InChI is InChI=1S/C26H24ClF5N4O5S/c1-24(2,3)40-23(38)33-17-12-42-19-10-16(28)15(20-34-22(41-35-20)25(29,39-4)26(30,31)32)9-18(19)36(21(17)37)11-13-5-7-14(27)8-6-13/h5-10,17H,11-12H2,1-4H3,(H,33,38)/t17-,25?/m0/s1. The van der Waals surface area contributed by atoms with Gasteiger partial charge in [-0.15, -0.1) is 11.8 Å². The number of nitrogens with one attached hydrogen (secondary N) is 1. The van der Waals surface area contributed by atoms with E-state index in [0.29, 0.717) is 17.7 Å². The highest BCUT2D eigenvalue weighted by atomic mass is 35.5. The second-order valence-corrected chi connectivity index (χ2v) is 11.6. The summed E-state index contributed by atoms with van der Waals surface area (Å²) in [6.45, 7) is 4.90. The van der Waals surface area contributed by atoms with Gasteiger partial charge in [0.05, 0.1) is 17.8 Å².